The van der Waals surface area contributed by atoms with Crippen LogP contribution in [0.4, 0.5) is 0 Å². The Balaban J connectivity index is 5.32. The molecule has 0 unspecified atom stereocenters. The van der Waals surface area contributed by atoms with E-state index in [4.69, 9.17) is 9.47 Å². The fourth-order valence-electron chi connectivity index (χ4n) is 1.46. The van der Waals surface area contributed by atoms with Crippen molar-refractivity contribution in [1.82, 2.24) is 10.2 Å². The van der Waals surface area contributed by atoms with Gasteiger partial charge in [-0.15, -0.1) is 0 Å². The standard InChI is InChI=1S/C11H20N2O5/c1-5-17-9(15)11(12-8-14,7-13(3)4)10(16)18-6-2/h8H,5-7H2,1-4H3,(H,12,14). The Bertz CT molecular complexity index is 286. The maximum absolute atomic E-state index is 11.9. The molecule has 18 heavy (non-hydrogen) atoms. The molecule has 0 atom stereocenters. The van der Waals surface area contributed by atoms with Crippen LogP contribution in [0, 0.1) is 0 Å². The lowest BCUT2D eigenvalue weighted by atomic mass is 9.99. The van der Waals surface area contributed by atoms with E-state index in [2.05, 4.69) is 5.32 Å². The zero-order valence-corrected chi connectivity index (χ0v) is 11.2. The van der Waals surface area contributed by atoms with E-state index in [1.54, 1.807) is 32.8 Å². The second-order valence-corrected chi connectivity index (χ2v) is 3.85. The average Bonchev–Trinajstić information content (AvgIpc) is 2.28. The summed E-state index contributed by atoms with van der Waals surface area (Å²) in [7, 11) is 3.33. The second-order valence-electron chi connectivity index (χ2n) is 3.85. The van der Waals surface area contributed by atoms with Crippen molar-refractivity contribution in [3.63, 3.8) is 0 Å². The van der Waals surface area contributed by atoms with Gasteiger partial charge in [0.1, 0.15) is 0 Å². The first-order valence-electron chi connectivity index (χ1n) is 5.65. The number of carbonyl (C=O) groups is 3. The number of hydrogen-bond donors (Lipinski definition) is 1. The highest BCUT2D eigenvalue weighted by Gasteiger charge is 2.49. The number of nitrogens with one attached hydrogen (secondary N) is 1. The number of ether oxygens (including phenoxy) is 2. The minimum absolute atomic E-state index is 0.0383. The van der Waals surface area contributed by atoms with E-state index >= 15 is 0 Å². The molecule has 1 amide bonds. The highest BCUT2D eigenvalue weighted by atomic mass is 16.6. The SMILES string of the molecule is CCOC(=O)C(CN(C)C)(NC=O)C(=O)OCC. The average molecular weight is 260 g/mol. The van der Waals surface area contributed by atoms with Gasteiger partial charge in [-0.2, -0.15) is 0 Å². The van der Waals surface area contributed by atoms with Gasteiger partial charge >= 0.3 is 11.9 Å². The summed E-state index contributed by atoms with van der Waals surface area (Å²) in [5.74, 6) is -1.66. The van der Waals surface area contributed by atoms with E-state index in [1.807, 2.05) is 0 Å². The summed E-state index contributed by atoms with van der Waals surface area (Å²) in [5, 5.41) is 2.23. The van der Waals surface area contributed by atoms with E-state index in [0.29, 0.717) is 0 Å². The molecule has 104 valence electrons. The van der Waals surface area contributed by atoms with Crippen LogP contribution in [0.2, 0.25) is 0 Å². The molecule has 0 saturated heterocycles. The van der Waals surface area contributed by atoms with Gasteiger partial charge in [-0.05, 0) is 27.9 Å². The maximum Gasteiger partial charge on any atom is 0.345 e. The summed E-state index contributed by atoms with van der Waals surface area (Å²) >= 11 is 0. The Morgan fingerprint density at radius 3 is 1.89 bits per heavy atom. The van der Waals surface area contributed by atoms with Gasteiger partial charge in [-0.1, -0.05) is 0 Å². The molecule has 0 rings (SSSR count). The highest BCUT2D eigenvalue weighted by molar-refractivity contribution is 6.06. The number of rotatable bonds is 8. The second kappa shape index (κ2) is 7.65. The molecule has 0 aromatic heterocycles. The van der Waals surface area contributed by atoms with Crippen LogP contribution in [-0.2, 0) is 23.9 Å². The molecule has 0 aliphatic carbocycles. The Kier molecular flexibility index (Phi) is 6.96. The zero-order valence-electron chi connectivity index (χ0n) is 11.2. The Morgan fingerprint density at radius 2 is 1.61 bits per heavy atom. The lowest BCUT2D eigenvalue weighted by molar-refractivity contribution is -0.168. The first-order valence-corrected chi connectivity index (χ1v) is 5.65. The van der Waals surface area contributed by atoms with Crippen LogP contribution in [0.15, 0.2) is 0 Å². The largest absolute Gasteiger partial charge is 0.464 e. The van der Waals surface area contributed by atoms with E-state index in [0.717, 1.165) is 0 Å². The third-order valence-corrected chi connectivity index (χ3v) is 2.11. The van der Waals surface area contributed by atoms with Gasteiger partial charge in [0, 0.05) is 6.54 Å². The van der Waals surface area contributed by atoms with Crippen molar-refractivity contribution in [2.24, 2.45) is 0 Å². The van der Waals surface area contributed by atoms with Crippen molar-refractivity contribution in [1.29, 1.82) is 0 Å². The van der Waals surface area contributed by atoms with Gasteiger partial charge in [-0.3, -0.25) is 4.79 Å². The summed E-state index contributed by atoms with van der Waals surface area (Å²) in [6.07, 6.45) is 0.289. The first kappa shape index (κ1) is 16.4. The summed E-state index contributed by atoms with van der Waals surface area (Å²) in [6.45, 7) is 3.40. The fraction of sp³-hybridized carbons (Fsp3) is 0.727. The molecule has 7 heteroatoms. The molecule has 0 aliphatic rings. The summed E-state index contributed by atoms with van der Waals surface area (Å²) in [5.41, 5.74) is -1.82. The smallest absolute Gasteiger partial charge is 0.345 e. The number of esters is 2. The van der Waals surface area contributed by atoms with Crippen molar-refractivity contribution >= 4 is 18.3 Å². The molecule has 0 aliphatic heterocycles. The Labute approximate surface area is 106 Å². The number of likely N-dealkylation sites (N-methyl/N-ethyl adjacent to an activating group) is 1. The van der Waals surface area contributed by atoms with Crippen LogP contribution >= 0.6 is 0 Å². The predicted molar refractivity (Wildman–Crippen MR) is 63.8 cm³/mol. The van der Waals surface area contributed by atoms with Crippen LogP contribution in [-0.4, -0.2) is 62.6 Å². The van der Waals surface area contributed by atoms with Gasteiger partial charge in [0.05, 0.1) is 13.2 Å². The molecule has 0 radical (unpaired) electrons. The minimum atomic E-state index is -1.82. The van der Waals surface area contributed by atoms with Crippen LogP contribution in [0.25, 0.3) is 0 Å². The Morgan fingerprint density at radius 1 is 1.17 bits per heavy atom. The molecule has 0 aromatic rings. The van der Waals surface area contributed by atoms with Crippen molar-refractivity contribution in [3.8, 4) is 0 Å². The van der Waals surface area contributed by atoms with Gasteiger partial charge < -0.3 is 19.7 Å². The van der Waals surface area contributed by atoms with Gasteiger partial charge in [0.15, 0.2) is 0 Å². The summed E-state index contributed by atoms with van der Waals surface area (Å²) < 4.78 is 9.68. The lowest BCUT2D eigenvalue weighted by Crippen LogP contribution is -2.64. The van der Waals surface area contributed by atoms with E-state index in [1.165, 1.54) is 0 Å². The lowest BCUT2D eigenvalue weighted by Gasteiger charge is -2.30. The van der Waals surface area contributed by atoms with E-state index in [9.17, 15) is 14.4 Å². The number of nitrogens with zero attached hydrogens (tertiary/aromatic N) is 1. The molecule has 0 bridgehead atoms. The monoisotopic (exact) mass is 260 g/mol. The van der Waals surface area contributed by atoms with Crippen LogP contribution in [0.5, 0.6) is 0 Å². The molecular formula is C11H20N2O5. The van der Waals surface area contributed by atoms with Crippen LogP contribution < -0.4 is 5.32 Å². The van der Waals surface area contributed by atoms with Crippen LogP contribution in [0.3, 0.4) is 0 Å². The Hall–Kier alpha value is -1.63. The molecule has 0 aromatic carbocycles. The number of amides is 1. The van der Waals surface area contributed by atoms with E-state index in [-0.39, 0.29) is 26.2 Å². The highest BCUT2D eigenvalue weighted by Crippen LogP contribution is 2.12. The molecule has 0 heterocycles. The number of carbonyl (C=O) groups excluding carboxylic acids is 3. The quantitative estimate of drug-likeness (QED) is 0.348. The number of hydrogen-bond acceptors (Lipinski definition) is 6. The molecule has 0 spiro atoms. The summed E-state index contributed by atoms with van der Waals surface area (Å²) in [4.78, 5) is 36.1. The van der Waals surface area contributed by atoms with Crippen molar-refractivity contribution in [2.75, 3.05) is 33.9 Å². The van der Waals surface area contributed by atoms with Crippen molar-refractivity contribution in [3.05, 3.63) is 0 Å². The summed E-state index contributed by atoms with van der Waals surface area (Å²) in [6, 6.07) is 0. The zero-order chi connectivity index (χ0) is 14.2. The first-order chi connectivity index (χ1) is 8.44. The minimum Gasteiger partial charge on any atom is -0.464 e. The molecule has 0 fully saturated rings. The molecule has 0 saturated carbocycles. The van der Waals surface area contributed by atoms with Gasteiger partial charge in [-0.25, -0.2) is 9.59 Å². The third-order valence-electron chi connectivity index (χ3n) is 2.11. The van der Waals surface area contributed by atoms with Crippen LogP contribution in [0.1, 0.15) is 13.8 Å². The van der Waals surface area contributed by atoms with Gasteiger partial charge in [0.25, 0.3) is 0 Å². The third kappa shape index (κ3) is 3.99. The van der Waals surface area contributed by atoms with Crippen molar-refractivity contribution < 1.29 is 23.9 Å². The normalized spacial score (nSPS) is 10.9. The maximum atomic E-state index is 11.9. The molecule has 7 nitrogen and oxygen atoms in total. The van der Waals surface area contributed by atoms with E-state index < -0.39 is 17.5 Å². The van der Waals surface area contributed by atoms with Crippen molar-refractivity contribution in [2.45, 2.75) is 19.4 Å². The van der Waals surface area contributed by atoms with Gasteiger partial charge in [0.2, 0.25) is 11.9 Å². The topological polar surface area (TPSA) is 84.9 Å². The molecular weight excluding hydrogens is 240 g/mol. The molecule has 1 N–H and O–H groups in total. The fourth-order valence-corrected chi connectivity index (χ4v) is 1.46. The predicted octanol–water partition coefficient (Wildman–Crippen LogP) is -0.841.